The lowest BCUT2D eigenvalue weighted by atomic mass is 10.1. The Labute approximate surface area is 235 Å². The monoisotopic (exact) mass is 609 g/mol. The van der Waals surface area contributed by atoms with E-state index >= 15 is 0 Å². The Morgan fingerprint density at radius 1 is 0.743 bits per heavy atom. The van der Waals surface area contributed by atoms with E-state index in [-0.39, 0.29) is 10.6 Å². The van der Waals surface area contributed by atoms with E-state index in [1.807, 2.05) is 0 Å². The topological polar surface area (TPSA) is 70.2 Å². The molecule has 0 radical (unpaired) electrons. The Morgan fingerprint density at radius 2 is 1.37 bits per heavy atom. The molecular formula is C23H14Cl7N3O2. The van der Waals surface area contributed by atoms with E-state index in [0.717, 1.165) is 0 Å². The highest BCUT2D eigenvalue weighted by atomic mass is 35.5. The normalized spacial score (nSPS) is 18.0. The second-order valence-electron chi connectivity index (χ2n) is 7.72. The lowest BCUT2D eigenvalue weighted by Gasteiger charge is -2.12. The van der Waals surface area contributed by atoms with Gasteiger partial charge in [0, 0.05) is 21.7 Å². The Balaban J connectivity index is 1.46. The number of carbonyl (C=O) groups excluding carboxylic acids is 2. The smallest absolute Gasteiger partial charge is 0.271 e. The quantitative estimate of drug-likeness (QED) is 0.194. The minimum Gasteiger partial charge on any atom is -0.326 e. The summed E-state index contributed by atoms with van der Waals surface area (Å²) in [6, 6.07) is 14.1. The van der Waals surface area contributed by atoms with Crippen molar-refractivity contribution in [2.24, 2.45) is 5.92 Å². The largest absolute Gasteiger partial charge is 0.326 e. The van der Waals surface area contributed by atoms with Crippen LogP contribution in [0.1, 0.15) is 21.8 Å². The van der Waals surface area contributed by atoms with Gasteiger partial charge >= 0.3 is 0 Å². The van der Waals surface area contributed by atoms with Crippen LogP contribution < -0.4 is 16.2 Å². The number of benzene rings is 3. The van der Waals surface area contributed by atoms with Gasteiger partial charge in [0.2, 0.25) is 5.91 Å². The van der Waals surface area contributed by atoms with Gasteiger partial charge in [-0.15, -0.1) is 23.2 Å². The Kier molecular flexibility index (Phi) is 7.89. The van der Waals surface area contributed by atoms with Crippen LogP contribution in [-0.2, 0) is 4.79 Å². The summed E-state index contributed by atoms with van der Waals surface area (Å²) in [5, 5.41) is 4.43. The lowest BCUT2D eigenvalue weighted by Crippen LogP contribution is -2.29. The molecule has 1 saturated carbocycles. The van der Waals surface area contributed by atoms with Crippen molar-refractivity contribution in [3.63, 3.8) is 0 Å². The number of nitrogens with one attached hydrogen (secondary N) is 3. The molecule has 0 spiro atoms. The molecule has 2 unspecified atom stereocenters. The van der Waals surface area contributed by atoms with Crippen LogP contribution in [-0.4, -0.2) is 16.1 Å². The van der Waals surface area contributed by atoms with Crippen LogP contribution in [0.4, 0.5) is 11.4 Å². The van der Waals surface area contributed by atoms with Crippen LogP contribution in [0.2, 0.25) is 25.1 Å². The van der Waals surface area contributed by atoms with E-state index in [0.29, 0.717) is 37.0 Å². The fourth-order valence-electron chi connectivity index (χ4n) is 3.59. The molecule has 2 amide bonds. The van der Waals surface area contributed by atoms with Gasteiger partial charge < -0.3 is 5.32 Å². The van der Waals surface area contributed by atoms with E-state index in [9.17, 15) is 9.59 Å². The first-order chi connectivity index (χ1) is 16.5. The number of amides is 2. The summed E-state index contributed by atoms with van der Waals surface area (Å²) in [7, 11) is 0. The zero-order valence-corrected chi connectivity index (χ0v) is 22.6. The first-order valence-electron chi connectivity index (χ1n) is 9.93. The summed E-state index contributed by atoms with van der Waals surface area (Å²) < 4.78 is -1.34. The van der Waals surface area contributed by atoms with E-state index < -0.39 is 28.0 Å². The maximum atomic E-state index is 13.0. The number of hydrazine groups is 1. The molecule has 1 aliphatic carbocycles. The van der Waals surface area contributed by atoms with E-state index in [1.54, 1.807) is 42.5 Å². The van der Waals surface area contributed by atoms with E-state index in [4.69, 9.17) is 81.2 Å². The molecule has 1 fully saturated rings. The summed E-state index contributed by atoms with van der Waals surface area (Å²) in [5.41, 5.74) is 6.85. The Hall–Kier alpha value is -1.57. The van der Waals surface area contributed by atoms with Gasteiger partial charge in [0.05, 0.1) is 32.2 Å². The van der Waals surface area contributed by atoms with Crippen LogP contribution in [0.15, 0.2) is 54.6 Å². The third-order valence-corrected chi connectivity index (χ3v) is 7.74. The molecule has 5 nitrogen and oxygen atoms in total. The molecular weight excluding hydrogens is 598 g/mol. The van der Waals surface area contributed by atoms with Crippen LogP contribution >= 0.6 is 81.2 Å². The average Bonchev–Trinajstić information content (AvgIpc) is 3.37. The van der Waals surface area contributed by atoms with Crippen molar-refractivity contribution in [2.45, 2.75) is 10.3 Å². The molecule has 0 aromatic heterocycles. The minimum atomic E-state index is -1.34. The van der Waals surface area contributed by atoms with Crippen molar-refractivity contribution in [2.75, 3.05) is 10.7 Å². The molecule has 0 aliphatic heterocycles. The van der Waals surface area contributed by atoms with Gasteiger partial charge in [-0.1, -0.05) is 58.0 Å². The fourth-order valence-corrected chi connectivity index (χ4v) is 5.46. The SMILES string of the molecule is O=C(NNc1ccc(Cl)c(Cl)c1)c1cc(NC(=O)C2C(c3cc(Cl)cc(Cl)c3)C2(Cl)Cl)ccc1Cl. The zero-order valence-electron chi connectivity index (χ0n) is 17.3. The highest BCUT2D eigenvalue weighted by Crippen LogP contribution is 2.65. The molecule has 35 heavy (non-hydrogen) atoms. The molecule has 12 heteroatoms. The molecule has 2 atom stereocenters. The van der Waals surface area contributed by atoms with Crippen LogP contribution in [0.5, 0.6) is 0 Å². The van der Waals surface area contributed by atoms with Gasteiger partial charge in [0.25, 0.3) is 5.91 Å². The van der Waals surface area contributed by atoms with Crippen molar-refractivity contribution in [3.8, 4) is 0 Å². The molecule has 0 saturated heterocycles. The first-order valence-corrected chi connectivity index (χ1v) is 12.6. The molecule has 1 aliphatic rings. The Bertz CT molecular complexity index is 1310. The summed E-state index contributed by atoms with van der Waals surface area (Å²) in [6.45, 7) is 0. The number of carbonyl (C=O) groups is 2. The van der Waals surface area contributed by atoms with Crippen LogP contribution in [0.3, 0.4) is 0 Å². The Morgan fingerprint density at radius 3 is 2.03 bits per heavy atom. The molecule has 3 aromatic rings. The summed E-state index contributed by atoms with van der Waals surface area (Å²) in [6.07, 6.45) is 0. The van der Waals surface area contributed by atoms with Gasteiger partial charge in [-0.25, -0.2) is 0 Å². The number of hydrogen-bond acceptors (Lipinski definition) is 3. The summed E-state index contributed by atoms with van der Waals surface area (Å²) >= 11 is 43.0. The van der Waals surface area contributed by atoms with Gasteiger partial charge in [0.15, 0.2) is 0 Å². The van der Waals surface area contributed by atoms with Gasteiger partial charge in [-0.05, 0) is 60.2 Å². The minimum absolute atomic E-state index is 0.119. The highest BCUT2D eigenvalue weighted by Gasteiger charge is 2.67. The molecule has 0 heterocycles. The van der Waals surface area contributed by atoms with E-state index in [2.05, 4.69) is 16.2 Å². The van der Waals surface area contributed by atoms with Crippen LogP contribution in [0, 0.1) is 5.92 Å². The van der Waals surface area contributed by atoms with E-state index in [1.165, 1.54) is 12.1 Å². The van der Waals surface area contributed by atoms with Crippen molar-refractivity contribution < 1.29 is 9.59 Å². The van der Waals surface area contributed by atoms with Gasteiger partial charge in [0.1, 0.15) is 4.33 Å². The maximum Gasteiger partial charge on any atom is 0.271 e. The van der Waals surface area contributed by atoms with Crippen molar-refractivity contribution in [1.29, 1.82) is 0 Å². The number of anilines is 2. The predicted molar refractivity (Wildman–Crippen MR) is 145 cm³/mol. The molecule has 0 bridgehead atoms. The zero-order chi connectivity index (χ0) is 25.5. The summed E-state index contributed by atoms with van der Waals surface area (Å²) in [5.74, 6) is -2.24. The van der Waals surface area contributed by atoms with Crippen LogP contribution in [0.25, 0.3) is 0 Å². The number of alkyl halides is 2. The standard InChI is InChI=1S/C23H14Cl7N3O2/c24-11-5-10(6-12(25)7-11)19-20(23(19,29)30)22(35)31-13-1-3-16(26)15(8-13)21(34)33-32-14-2-4-17(27)18(28)9-14/h1-9,19-20,32H,(H,31,35)(H,33,34). The predicted octanol–water partition coefficient (Wildman–Crippen LogP) is 8.24. The van der Waals surface area contributed by atoms with Gasteiger partial charge in [-0.2, -0.15) is 0 Å². The highest BCUT2D eigenvalue weighted by molar-refractivity contribution is 6.53. The summed E-state index contributed by atoms with van der Waals surface area (Å²) in [4.78, 5) is 25.6. The van der Waals surface area contributed by atoms with Crippen molar-refractivity contribution >= 4 is 104 Å². The fraction of sp³-hybridized carbons (Fsp3) is 0.130. The third kappa shape index (κ3) is 5.89. The third-order valence-electron chi connectivity index (χ3n) is 5.30. The van der Waals surface area contributed by atoms with Crippen molar-refractivity contribution in [1.82, 2.24) is 5.43 Å². The molecule has 4 rings (SSSR count). The lowest BCUT2D eigenvalue weighted by molar-refractivity contribution is -0.117. The maximum absolute atomic E-state index is 13.0. The molecule has 182 valence electrons. The number of hydrogen-bond donors (Lipinski definition) is 3. The average molecular weight is 613 g/mol. The number of rotatable bonds is 6. The molecule has 3 aromatic carbocycles. The number of halogens is 7. The van der Waals surface area contributed by atoms with Crippen molar-refractivity contribution in [3.05, 3.63) is 90.8 Å². The van der Waals surface area contributed by atoms with Gasteiger partial charge in [-0.3, -0.25) is 20.4 Å². The second-order valence-corrected chi connectivity index (χ2v) is 11.3. The second kappa shape index (κ2) is 10.4. The first kappa shape index (κ1) is 26.5. The molecule has 3 N–H and O–H groups in total.